The normalized spacial score (nSPS) is 21.3. The monoisotopic (exact) mass is 209 g/mol. The van der Waals surface area contributed by atoms with E-state index in [9.17, 15) is 8.42 Å². The van der Waals surface area contributed by atoms with E-state index in [0.29, 0.717) is 6.54 Å². The zero-order valence-corrected chi connectivity index (χ0v) is 9.33. The Morgan fingerprint density at radius 2 is 2.00 bits per heavy atom. The van der Waals surface area contributed by atoms with E-state index in [4.69, 9.17) is 0 Å². The second-order valence-electron chi connectivity index (χ2n) is 3.41. The minimum atomic E-state index is -2.99. The van der Waals surface area contributed by atoms with E-state index < -0.39 is 10.0 Å². The molecule has 0 atom stereocenters. The van der Waals surface area contributed by atoms with Crippen LogP contribution in [0.1, 0.15) is 12.8 Å². The van der Waals surface area contributed by atoms with Crippen LogP contribution in [0.15, 0.2) is 0 Å². The highest BCUT2D eigenvalue weighted by Gasteiger charge is 2.43. The summed E-state index contributed by atoms with van der Waals surface area (Å²) in [4.78, 5) is 0. The summed E-state index contributed by atoms with van der Waals surface area (Å²) in [6, 6.07) is 0. The first kappa shape index (κ1) is 10.3. The highest BCUT2D eigenvalue weighted by molar-refractivity contribution is 8.00. The van der Waals surface area contributed by atoms with Gasteiger partial charge in [-0.2, -0.15) is 11.8 Å². The van der Waals surface area contributed by atoms with Crippen molar-refractivity contribution in [1.29, 1.82) is 0 Å². The van der Waals surface area contributed by atoms with Gasteiger partial charge in [0.05, 0.1) is 6.26 Å². The molecule has 0 aromatic carbocycles. The number of rotatable bonds is 4. The third kappa shape index (κ3) is 2.37. The third-order valence-electron chi connectivity index (χ3n) is 2.32. The zero-order chi connectivity index (χ0) is 9.41. The third-order valence-corrected chi connectivity index (χ3v) is 4.98. The Labute approximate surface area is 78.6 Å². The van der Waals surface area contributed by atoms with Gasteiger partial charge in [-0.25, -0.2) is 12.7 Å². The molecule has 0 N–H and O–H groups in total. The summed E-state index contributed by atoms with van der Waals surface area (Å²) in [5.74, 6) is 0. The highest BCUT2D eigenvalue weighted by atomic mass is 32.2. The van der Waals surface area contributed by atoms with E-state index >= 15 is 0 Å². The Balaban J connectivity index is 2.52. The lowest BCUT2D eigenvalue weighted by Gasteiger charge is -2.19. The standard InChI is InChI=1S/C7H15NO2S2/c1-8(12(3,9)10)6-7(11-2)4-5-7/h4-6H2,1-3H3. The van der Waals surface area contributed by atoms with Crippen LogP contribution in [0.25, 0.3) is 0 Å². The van der Waals surface area contributed by atoms with Crippen LogP contribution in [-0.2, 0) is 10.0 Å². The molecule has 3 nitrogen and oxygen atoms in total. The van der Waals surface area contributed by atoms with Crippen LogP contribution in [0.2, 0.25) is 0 Å². The fraction of sp³-hybridized carbons (Fsp3) is 1.00. The SMILES string of the molecule is CSC1(CN(C)S(C)(=O)=O)CC1. The van der Waals surface area contributed by atoms with Crippen molar-refractivity contribution in [3.8, 4) is 0 Å². The van der Waals surface area contributed by atoms with Crippen LogP contribution < -0.4 is 0 Å². The second kappa shape index (κ2) is 3.20. The Bertz CT molecular complexity index is 257. The van der Waals surface area contributed by atoms with Crippen molar-refractivity contribution < 1.29 is 8.42 Å². The molecule has 1 fully saturated rings. The summed E-state index contributed by atoms with van der Waals surface area (Å²) >= 11 is 1.78. The van der Waals surface area contributed by atoms with Crippen LogP contribution in [0, 0.1) is 0 Å². The summed E-state index contributed by atoms with van der Waals surface area (Å²) in [6.45, 7) is 0.660. The van der Waals surface area contributed by atoms with Gasteiger partial charge in [-0.15, -0.1) is 0 Å². The molecule has 0 aromatic rings. The molecule has 1 rings (SSSR count). The molecule has 72 valence electrons. The second-order valence-corrected chi connectivity index (χ2v) is 6.77. The van der Waals surface area contributed by atoms with Gasteiger partial charge < -0.3 is 0 Å². The Kier molecular flexibility index (Phi) is 2.75. The number of nitrogens with zero attached hydrogens (tertiary/aromatic N) is 1. The molecule has 0 aromatic heterocycles. The maximum absolute atomic E-state index is 11.1. The fourth-order valence-electron chi connectivity index (χ4n) is 1.09. The van der Waals surface area contributed by atoms with E-state index in [1.165, 1.54) is 10.6 Å². The smallest absolute Gasteiger partial charge is 0.210 e. The summed E-state index contributed by atoms with van der Waals surface area (Å²) in [7, 11) is -1.34. The van der Waals surface area contributed by atoms with Gasteiger partial charge >= 0.3 is 0 Å². The molecule has 0 saturated heterocycles. The summed E-state index contributed by atoms with van der Waals surface area (Å²) in [5, 5.41) is 0. The lowest BCUT2D eigenvalue weighted by molar-refractivity contribution is 0.468. The Morgan fingerprint density at radius 3 is 2.25 bits per heavy atom. The molecule has 0 unspecified atom stereocenters. The largest absolute Gasteiger partial charge is 0.213 e. The summed E-state index contributed by atoms with van der Waals surface area (Å²) in [5.41, 5.74) is 0. The first-order valence-electron chi connectivity index (χ1n) is 3.86. The minimum absolute atomic E-state index is 0.234. The highest BCUT2D eigenvalue weighted by Crippen LogP contribution is 2.47. The van der Waals surface area contributed by atoms with Gasteiger partial charge in [0, 0.05) is 18.3 Å². The minimum Gasteiger partial charge on any atom is -0.213 e. The number of thioether (sulfide) groups is 1. The Hall–Kier alpha value is 0.260. The summed E-state index contributed by atoms with van der Waals surface area (Å²) < 4.78 is 23.8. The van der Waals surface area contributed by atoms with Crippen molar-refractivity contribution in [3.05, 3.63) is 0 Å². The first-order valence-corrected chi connectivity index (χ1v) is 6.93. The van der Waals surface area contributed by atoms with E-state index in [0.717, 1.165) is 12.8 Å². The van der Waals surface area contributed by atoms with Crippen LogP contribution >= 0.6 is 11.8 Å². The first-order chi connectivity index (χ1) is 5.40. The molecule has 5 heteroatoms. The van der Waals surface area contributed by atoms with Crippen molar-refractivity contribution in [2.75, 3.05) is 26.1 Å². The lowest BCUT2D eigenvalue weighted by Crippen LogP contribution is -2.33. The maximum atomic E-state index is 11.1. The van der Waals surface area contributed by atoms with Gasteiger partial charge in [0.2, 0.25) is 10.0 Å². The lowest BCUT2D eigenvalue weighted by atomic mass is 10.4. The molecule has 1 saturated carbocycles. The molecule has 0 heterocycles. The molecule has 0 aliphatic heterocycles. The molecule has 1 aliphatic carbocycles. The average molecular weight is 209 g/mol. The van der Waals surface area contributed by atoms with Gasteiger partial charge in [0.25, 0.3) is 0 Å². The molecule has 0 spiro atoms. The molecular weight excluding hydrogens is 194 g/mol. The molecular formula is C7H15NO2S2. The van der Waals surface area contributed by atoms with Crippen molar-refractivity contribution in [2.24, 2.45) is 0 Å². The van der Waals surface area contributed by atoms with Crippen LogP contribution in [0.3, 0.4) is 0 Å². The van der Waals surface area contributed by atoms with Crippen molar-refractivity contribution in [2.45, 2.75) is 17.6 Å². The fourth-order valence-corrected chi connectivity index (χ4v) is 2.49. The molecule has 0 bridgehead atoms. The Morgan fingerprint density at radius 1 is 1.50 bits per heavy atom. The predicted octanol–water partition coefficient (Wildman–Crippen LogP) is 0.773. The van der Waals surface area contributed by atoms with Crippen LogP contribution in [0.5, 0.6) is 0 Å². The van der Waals surface area contributed by atoms with Gasteiger partial charge in [-0.05, 0) is 19.1 Å². The van der Waals surface area contributed by atoms with E-state index in [-0.39, 0.29) is 4.75 Å². The molecule has 0 radical (unpaired) electrons. The van der Waals surface area contributed by atoms with E-state index in [1.54, 1.807) is 18.8 Å². The maximum Gasteiger partial charge on any atom is 0.210 e. The van der Waals surface area contributed by atoms with Crippen molar-refractivity contribution >= 4 is 21.8 Å². The van der Waals surface area contributed by atoms with Gasteiger partial charge in [0.15, 0.2) is 0 Å². The zero-order valence-electron chi connectivity index (χ0n) is 7.70. The van der Waals surface area contributed by atoms with Crippen molar-refractivity contribution in [3.63, 3.8) is 0 Å². The van der Waals surface area contributed by atoms with Crippen molar-refractivity contribution in [1.82, 2.24) is 4.31 Å². The molecule has 1 aliphatic rings. The topological polar surface area (TPSA) is 37.4 Å². The molecule has 12 heavy (non-hydrogen) atoms. The van der Waals surface area contributed by atoms with Gasteiger partial charge in [0.1, 0.15) is 0 Å². The number of hydrogen-bond donors (Lipinski definition) is 0. The average Bonchev–Trinajstić information content (AvgIpc) is 2.67. The van der Waals surface area contributed by atoms with Crippen LogP contribution in [-0.4, -0.2) is 43.6 Å². The van der Waals surface area contributed by atoms with Gasteiger partial charge in [-0.3, -0.25) is 0 Å². The van der Waals surface area contributed by atoms with Crippen LogP contribution in [0.4, 0.5) is 0 Å². The number of sulfonamides is 1. The van der Waals surface area contributed by atoms with E-state index in [2.05, 4.69) is 0 Å². The quantitative estimate of drug-likeness (QED) is 0.686. The van der Waals surface area contributed by atoms with Gasteiger partial charge in [-0.1, -0.05) is 0 Å². The van der Waals surface area contributed by atoms with E-state index in [1.807, 2.05) is 6.26 Å². The molecule has 0 amide bonds. The predicted molar refractivity (Wildman–Crippen MR) is 53.0 cm³/mol. The summed E-state index contributed by atoms with van der Waals surface area (Å²) in [6.07, 6.45) is 5.59. The number of hydrogen-bond acceptors (Lipinski definition) is 3.